The summed E-state index contributed by atoms with van der Waals surface area (Å²) in [6, 6.07) is 8.56. The van der Waals surface area contributed by atoms with Gasteiger partial charge in [0, 0.05) is 52.7 Å². The van der Waals surface area contributed by atoms with E-state index >= 15 is 0 Å². The van der Waals surface area contributed by atoms with Crippen LogP contribution in [0.25, 0.3) is 0 Å². The van der Waals surface area contributed by atoms with Crippen LogP contribution >= 0.6 is 0 Å². The van der Waals surface area contributed by atoms with Crippen LogP contribution in [0.15, 0.2) is 24.3 Å². The first-order valence-corrected chi connectivity index (χ1v) is 9.70. The van der Waals surface area contributed by atoms with Gasteiger partial charge >= 0.3 is 0 Å². The van der Waals surface area contributed by atoms with E-state index in [4.69, 9.17) is 4.74 Å². The molecule has 0 radical (unpaired) electrons. The maximum atomic E-state index is 11.1. The van der Waals surface area contributed by atoms with Gasteiger partial charge in [-0.15, -0.1) is 0 Å². The zero-order chi connectivity index (χ0) is 19.3. The maximum absolute atomic E-state index is 11.1. The number of amides is 1. The van der Waals surface area contributed by atoms with Gasteiger partial charge in [-0.2, -0.15) is 0 Å². The van der Waals surface area contributed by atoms with E-state index in [-0.39, 0.29) is 12.5 Å². The van der Waals surface area contributed by atoms with Gasteiger partial charge in [0.1, 0.15) is 5.60 Å². The average Bonchev–Trinajstić information content (AvgIpc) is 2.65. The molecule has 2 saturated heterocycles. The number of piperidine rings is 1. The summed E-state index contributed by atoms with van der Waals surface area (Å²) < 4.78 is 5.40. The van der Waals surface area contributed by atoms with E-state index in [1.54, 1.807) is 0 Å². The van der Waals surface area contributed by atoms with Crippen LogP contribution in [0, 0.1) is 0 Å². The Bertz CT molecular complexity index is 635. The van der Waals surface area contributed by atoms with E-state index in [1.807, 2.05) is 0 Å². The molecular weight excluding hydrogens is 346 g/mol. The predicted molar refractivity (Wildman–Crippen MR) is 102 cm³/mol. The molecule has 3 N–H and O–H groups in total. The molecular formula is C20H31N3O4. The van der Waals surface area contributed by atoms with Crippen molar-refractivity contribution in [3.8, 4) is 0 Å². The summed E-state index contributed by atoms with van der Waals surface area (Å²) in [5.74, 6) is -0.199. The van der Waals surface area contributed by atoms with Crippen LogP contribution in [0.5, 0.6) is 0 Å². The minimum atomic E-state index is -1.25. The predicted octanol–water partition coefficient (Wildman–Crippen LogP) is -0.0474. The van der Waals surface area contributed by atoms with Crippen LogP contribution in [-0.2, 0) is 22.6 Å². The van der Waals surface area contributed by atoms with Crippen LogP contribution < -0.4 is 5.32 Å². The monoisotopic (exact) mass is 377 g/mol. The van der Waals surface area contributed by atoms with E-state index in [9.17, 15) is 15.0 Å². The van der Waals surface area contributed by atoms with Crippen LogP contribution in [0.1, 0.15) is 24.5 Å². The van der Waals surface area contributed by atoms with Gasteiger partial charge in [0.15, 0.2) is 0 Å². The highest BCUT2D eigenvalue weighted by Crippen LogP contribution is 2.24. The number of carbonyl (C=O) groups excluding carboxylic acids is 1. The lowest BCUT2D eigenvalue weighted by molar-refractivity contribution is -0.130. The molecule has 2 heterocycles. The van der Waals surface area contributed by atoms with Gasteiger partial charge in [0.25, 0.3) is 0 Å². The Hall–Kier alpha value is -1.51. The van der Waals surface area contributed by atoms with E-state index in [0.29, 0.717) is 19.5 Å². The number of morpholine rings is 1. The molecule has 2 aliphatic rings. The van der Waals surface area contributed by atoms with Crippen molar-refractivity contribution in [2.24, 2.45) is 0 Å². The molecule has 2 fully saturated rings. The fourth-order valence-electron chi connectivity index (χ4n) is 3.75. The zero-order valence-corrected chi connectivity index (χ0v) is 16.1. The van der Waals surface area contributed by atoms with Crippen molar-refractivity contribution in [1.29, 1.82) is 0 Å². The number of nitrogens with one attached hydrogen (secondary N) is 1. The van der Waals surface area contributed by atoms with Crippen molar-refractivity contribution in [2.75, 3.05) is 45.9 Å². The Kier molecular flexibility index (Phi) is 6.83. The first-order chi connectivity index (χ1) is 12.9. The highest BCUT2D eigenvalue weighted by molar-refractivity contribution is 5.72. The highest BCUT2D eigenvalue weighted by atomic mass is 16.5. The SMILES string of the molecule is CC(=O)NC[C@]1(O)CCN(Cc2cccc(CN3CCOCC3)c2)C[C@H]1O. The quantitative estimate of drug-likeness (QED) is 0.645. The molecule has 0 bridgehead atoms. The lowest BCUT2D eigenvalue weighted by atomic mass is 9.88. The normalized spacial score (nSPS) is 27.4. The summed E-state index contributed by atoms with van der Waals surface area (Å²) in [6.45, 7) is 7.77. The van der Waals surface area contributed by atoms with Crippen molar-refractivity contribution in [3.63, 3.8) is 0 Å². The van der Waals surface area contributed by atoms with Crippen LogP contribution in [0.3, 0.4) is 0 Å². The lowest BCUT2D eigenvalue weighted by Crippen LogP contribution is -2.59. The van der Waals surface area contributed by atoms with E-state index in [0.717, 1.165) is 39.4 Å². The Morgan fingerprint density at radius 2 is 1.89 bits per heavy atom. The molecule has 1 aromatic rings. The number of aliphatic hydroxyl groups is 2. The first kappa shape index (κ1) is 20.2. The van der Waals surface area contributed by atoms with Crippen LogP contribution in [-0.4, -0.2) is 83.6 Å². The summed E-state index contributed by atoms with van der Waals surface area (Å²) in [5.41, 5.74) is 1.25. The summed E-state index contributed by atoms with van der Waals surface area (Å²) in [5, 5.41) is 23.6. The maximum Gasteiger partial charge on any atom is 0.216 e. The molecule has 1 aromatic carbocycles. The minimum absolute atomic E-state index is 0.0897. The molecule has 7 nitrogen and oxygen atoms in total. The average molecular weight is 377 g/mol. The number of hydrogen-bond acceptors (Lipinski definition) is 6. The Morgan fingerprint density at radius 3 is 2.52 bits per heavy atom. The number of ether oxygens (including phenoxy) is 1. The van der Waals surface area contributed by atoms with Gasteiger partial charge < -0.3 is 20.3 Å². The number of carbonyl (C=O) groups is 1. The first-order valence-electron chi connectivity index (χ1n) is 9.70. The Balaban J connectivity index is 1.53. The molecule has 0 aromatic heterocycles. The minimum Gasteiger partial charge on any atom is -0.389 e. The second-order valence-corrected chi connectivity index (χ2v) is 7.72. The molecule has 2 aliphatic heterocycles. The van der Waals surface area contributed by atoms with Crippen molar-refractivity contribution < 1.29 is 19.7 Å². The largest absolute Gasteiger partial charge is 0.389 e. The summed E-state index contributed by atoms with van der Waals surface area (Å²) in [7, 11) is 0. The number of aliphatic hydroxyl groups excluding tert-OH is 1. The Morgan fingerprint density at radius 1 is 1.22 bits per heavy atom. The van der Waals surface area contributed by atoms with Gasteiger partial charge in [-0.05, 0) is 17.5 Å². The Labute approximate surface area is 160 Å². The number of benzene rings is 1. The number of β-amino-alcohol motifs (C(OH)–C–C–N with tert-alkyl or cyclic N) is 1. The molecule has 0 aliphatic carbocycles. The number of hydrogen-bond donors (Lipinski definition) is 3. The highest BCUT2D eigenvalue weighted by Gasteiger charge is 2.40. The third-order valence-corrected chi connectivity index (χ3v) is 5.46. The third kappa shape index (κ3) is 5.73. The molecule has 1 amide bonds. The van der Waals surface area contributed by atoms with E-state index < -0.39 is 11.7 Å². The number of nitrogens with zero attached hydrogens (tertiary/aromatic N) is 2. The fourth-order valence-corrected chi connectivity index (χ4v) is 3.75. The summed E-state index contributed by atoms with van der Waals surface area (Å²) >= 11 is 0. The van der Waals surface area contributed by atoms with Crippen molar-refractivity contribution in [2.45, 2.75) is 38.1 Å². The van der Waals surface area contributed by atoms with Gasteiger partial charge in [-0.3, -0.25) is 14.6 Å². The molecule has 0 saturated carbocycles. The van der Waals surface area contributed by atoms with Gasteiger partial charge in [-0.25, -0.2) is 0 Å². The zero-order valence-electron chi connectivity index (χ0n) is 16.1. The molecule has 3 rings (SSSR count). The molecule has 2 atom stereocenters. The molecule has 7 heteroatoms. The molecule has 0 unspecified atom stereocenters. The van der Waals surface area contributed by atoms with Crippen molar-refractivity contribution >= 4 is 5.91 Å². The smallest absolute Gasteiger partial charge is 0.216 e. The van der Waals surface area contributed by atoms with E-state index in [1.165, 1.54) is 18.1 Å². The van der Waals surface area contributed by atoms with Gasteiger partial charge in [0.05, 0.1) is 19.3 Å². The second-order valence-electron chi connectivity index (χ2n) is 7.72. The number of rotatable bonds is 6. The van der Waals surface area contributed by atoms with Crippen molar-refractivity contribution in [1.82, 2.24) is 15.1 Å². The topological polar surface area (TPSA) is 85.3 Å². The third-order valence-electron chi connectivity index (χ3n) is 5.46. The van der Waals surface area contributed by atoms with Crippen LogP contribution in [0.2, 0.25) is 0 Å². The second kappa shape index (κ2) is 9.12. The van der Waals surface area contributed by atoms with Gasteiger partial charge in [0.2, 0.25) is 5.91 Å². The van der Waals surface area contributed by atoms with Crippen molar-refractivity contribution in [3.05, 3.63) is 35.4 Å². The molecule has 150 valence electrons. The molecule has 27 heavy (non-hydrogen) atoms. The standard InChI is InChI=1S/C20H31N3O4/c1-16(24)21-15-20(26)5-6-23(14-19(20)25)13-18-4-2-3-17(11-18)12-22-7-9-27-10-8-22/h2-4,11,19,25-26H,5-10,12-15H2,1H3,(H,21,24)/t19-,20-/m1/s1. The van der Waals surface area contributed by atoms with Crippen LogP contribution in [0.4, 0.5) is 0 Å². The fraction of sp³-hybridized carbons (Fsp3) is 0.650. The summed E-state index contributed by atoms with van der Waals surface area (Å²) in [4.78, 5) is 15.6. The van der Waals surface area contributed by atoms with E-state index in [2.05, 4.69) is 39.4 Å². The summed E-state index contributed by atoms with van der Waals surface area (Å²) in [6.07, 6.45) is -0.448. The number of likely N-dealkylation sites (tertiary alicyclic amines) is 1. The lowest BCUT2D eigenvalue weighted by Gasteiger charge is -2.42. The molecule has 0 spiro atoms. The van der Waals surface area contributed by atoms with Gasteiger partial charge in [-0.1, -0.05) is 24.3 Å².